The molecule has 0 aromatic heterocycles. The summed E-state index contributed by atoms with van der Waals surface area (Å²) in [5.41, 5.74) is 0. The molecule has 1 heterocycles. The predicted octanol–water partition coefficient (Wildman–Crippen LogP) is -0.801. The lowest BCUT2D eigenvalue weighted by Gasteiger charge is -2.06. The van der Waals surface area contributed by atoms with Gasteiger partial charge in [0.25, 0.3) is 0 Å². The maximum Gasteiger partial charge on any atom is 0.367 e. The minimum absolute atomic E-state index is 0.159. The van der Waals surface area contributed by atoms with Crippen molar-refractivity contribution in [2.75, 3.05) is 33.7 Å². The second-order valence-electron chi connectivity index (χ2n) is 4.51. The molecule has 0 fully saturated rings. The number of amidine groups is 2. The van der Waals surface area contributed by atoms with Crippen LogP contribution in [0.4, 0.5) is 0 Å². The molecule has 0 bridgehead atoms. The molecule has 0 spiro atoms. The van der Waals surface area contributed by atoms with Gasteiger partial charge in [-0.2, -0.15) is 8.42 Å². The van der Waals surface area contributed by atoms with Crippen LogP contribution in [0.3, 0.4) is 0 Å². The van der Waals surface area contributed by atoms with Gasteiger partial charge in [-0.05, 0) is 20.5 Å². The molecular weight excluding hydrogens is 290 g/mol. The topological polar surface area (TPSA) is 86.2 Å². The van der Waals surface area contributed by atoms with E-state index in [9.17, 15) is 8.42 Å². The summed E-state index contributed by atoms with van der Waals surface area (Å²) in [4.78, 5) is 1.99. The van der Waals surface area contributed by atoms with Crippen molar-refractivity contribution in [3.63, 3.8) is 0 Å². The molecule has 0 atom stereocenters. The van der Waals surface area contributed by atoms with Crippen molar-refractivity contribution in [3.8, 4) is 24.2 Å². The average molecular weight is 309 g/mol. The van der Waals surface area contributed by atoms with E-state index in [1.165, 1.54) is 0 Å². The maximum atomic E-state index is 11.3. The second-order valence-corrected chi connectivity index (χ2v) is 5.77. The highest BCUT2D eigenvalue weighted by Gasteiger charge is 2.23. The summed E-state index contributed by atoms with van der Waals surface area (Å²) in [5, 5.41) is 5.65. The molecule has 2 N–H and O–H groups in total. The molecule has 0 saturated heterocycles. The number of terminal acetylenes is 1. The summed E-state index contributed by atoms with van der Waals surface area (Å²) < 4.78 is 29.6. The van der Waals surface area contributed by atoms with Gasteiger partial charge in [0, 0.05) is 13.0 Å². The van der Waals surface area contributed by atoms with E-state index < -0.39 is 10.2 Å². The Balaban J connectivity index is 2.38. The van der Waals surface area contributed by atoms with Crippen molar-refractivity contribution < 1.29 is 8.42 Å². The molecule has 0 aromatic carbocycles. The lowest BCUT2D eigenvalue weighted by molar-refractivity contribution is 0.463. The zero-order valence-corrected chi connectivity index (χ0v) is 13.0. The molecule has 0 amide bonds. The highest BCUT2D eigenvalue weighted by Crippen LogP contribution is 2.04. The van der Waals surface area contributed by atoms with Crippen LogP contribution in [-0.2, 0) is 10.2 Å². The molecular formula is C13H19N5O2S. The van der Waals surface area contributed by atoms with Gasteiger partial charge in [-0.15, -0.1) is 21.1 Å². The smallest absolute Gasteiger partial charge is 0.366 e. The van der Waals surface area contributed by atoms with Crippen LogP contribution in [0.5, 0.6) is 0 Å². The summed E-state index contributed by atoms with van der Waals surface area (Å²) in [5.74, 6) is 8.78. The van der Waals surface area contributed by atoms with E-state index >= 15 is 0 Å². The fourth-order valence-corrected chi connectivity index (χ4v) is 2.19. The van der Waals surface area contributed by atoms with E-state index in [1.807, 2.05) is 19.0 Å². The highest BCUT2D eigenvalue weighted by molar-refractivity contribution is 7.89. The van der Waals surface area contributed by atoms with Crippen LogP contribution in [0.2, 0.25) is 0 Å². The minimum Gasteiger partial charge on any atom is -0.366 e. The third-order valence-electron chi connectivity index (χ3n) is 2.29. The zero-order chi connectivity index (χ0) is 15.7. The Labute approximate surface area is 126 Å². The molecule has 0 saturated carbocycles. The number of rotatable bonds is 5. The van der Waals surface area contributed by atoms with Crippen molar-refractivity contribution in [1.82, 2.24) is 15.5 Å². The summed E-state index contributed by atoms with van der Waals surface area (Å²) in [6, 6.07) is 0. The monoisotopic (exact) mass is 309 g/mol. The molecule has 0 unspecified atom stereocenters. The lowest BCUT2D eigenvalue weighted by atomic mass is 10.3. The van der Waals surface area contributed by atoms with Gasteiger partial charge in [0.2, 0.25) is 0 Å². The van der Waals surface area contributed by atoms with Crippen molar-refractivity contribution in [1.29, 1.82) is 0 Å². The van der Waals surface area contributed by atoms with E-state index in [2.05, 4.69) is 37.2 Å². The fraction of sp³-hybridized carbons (Fsp3) is 0.538. The number of nitrogens with one attached hydrogen (secondary N) is 2. The van der Waals surface area contributed by atoms with Gasteiger partial charge < -0.3 is 10.6 Å². The molecule has 1 aliphatic rings. The van der Waals surface area contributed by atoms with Crippen LogP contribution in [0.15, 0.2) is 8.80 Å². The van der Waals surface area contributed by atoms with Crippen LogP contribution in [0.1, 0.15) is 12.8 Å². The first kappa shape index (κ1) is 17.0. The first-order valence-corrected chi connectivity index (χ1v) is 7.81. The number of nitrogens with zero attached hydrogens (tertiary/aromatic N) is 3. The molecule has 7 nitrogen and oxygen atoms in total. The molecule has 0 radical (unpaired) electrons. The SMILES string of the molecule is C#CCNC1=NS(=O)(=O)N=C1NCCCC#CCN(C)C. The van der Waals surface area contributed by atoms with Crippen LogP contribution >= 0.6 is 0 Å². The van der Waals surface area contributed by atoms with Crippen LogP contribution in [0, 0.1) is 24.2 Å². The largest absolute Gasteiger partial charge is 0.367 e. The van der Waals surface area contributed by atoms with Crippen LogP contribution in [-0.4, -0.2) is 58.7 Å². The minimum atomic E-state index is -3.79. The maximum absolute atomic E-state index is 11.3. The summed E-state index contributed by atoms with van der Waals surface area (Å²) in [7, 11) is 0.128. The second kappa shape index (κ2) is 8.30. The molecule has 114 valence electrons. The van der Waals surface area contributed by atoms with E-state index in [-0.39, 0.29) is 18.2 Å². The third kappa shape index (κ3) is 6.80. The molecule has 8 heteroatoms. The van der Waals surface area contributed by atoms with Crippen molar-refractivity contribution in [2.45, 2.75) is 12.8 Å². The van der Waals surface area contributed by atoms with Crippen LogP contribution < -0.4 is 10.6 Å². The van der Waals surface area contributed by atoms with Crippen molar-refractivity contribution in [3.05, 3.63) is 0 Å². The van der Waals surface area contributed by atoms with Crippen molar-refractivity contribution >= 4 is 21.9 Å². The fourth-order valence-electron chi connectivity index (χ4n) is 1.39. The Morgan fingerprint density at radius 1 is 1.19 bits per heavy atom. The van der Waals surface area contributed by atoms with Gasteiger partial charge in [-0.1, -0.05) is 11.8 Å². The summed E-state index contributed by atoms with van der Waals surface area (Å²) in [6.07, 6.45) is 6.62. The lowest BCUT2D eigenvalue weighted by Crippen LogP contribution is -2.39. The quantitative estimate of drug-likeness (QED) is 0.513. The predicted molar refractivity (Wildman–Crippen MR) is 84.2 cm³/mol. The Hall–Kier alpha value is -2.03. The van der Waals surface area contributed by atoms with Crippen molar-refractivity contribution in [2.24, 2.45) is 8.80 Å². The first-order valence-electron chi connectivity index (χ1n) is 6.41. The Morgan fingerprint density at radius 3 is 2.48 bits per heavy atom. The van der Waals surface area contributed by atoms with E-state index in [0.29, 0.717) is 6.54 Å². The highest BCUT2D eigenvalue weighted by atomic mass is 32.2. The van der Waals surface area contributed by atoms with E-state index in [0.717, 1.165) is 19.4 Å². The van der Waals surface area contributed by atoms with Gasteiger partial charge in [0.05, 0.1) is 13.1 Å². The van der Waals surface area contributed by atoms with Gasteiger partial charge in [0.1, 0.15) is 0 Å². The van der Waals surface area contributed by atoms with Gasteiger partial charge in [0.15, 0.2) is 11.7 Å². The summed E-state index contributed by atoms with van der Waals surface area (Å²) >= 11 is 0. The van der Waals surface area contributed by atoms with Crippen LogP contribution in [0.25, 0.3) is 0 Å². The van der Waals surface area contributed by atoms with Gasteiger partial charge >= 0.3 is 10.2 Å². The summed E-state index contributed by atoms with van der Waals surface area (Å²) in [6.45, 7) is 1.47. The average Bonchev–Trinajstić information content (AvgIpc) is 2.69. The van der Waals surface area contributed by atoms with E-state index in [4.69, 9.17) is 6.42 Å². The third-order valence-corrected chi connectivity index (χ3v) is 3.11. The Kier molecular flexibility index (Phi) is 6.73. The number of unbranched alkanes of at least 4 members (excludes halogenated alkanes) is 1. The zero-order valence-electron chi connectivity index (χ0n) is 12.2. The number of hydrogen-bond donors (Lipinski definition) is 2. The Bertz CT molecular complexity index is 617. The van der Waals surface area contributed by atoms with Gasteiger partial charge in [-0.25, -0.2) is 0 Å². The molecule has 1 aliphatic heterocycles. The van der Waals surface area contributed by atoms with Gasteiger partial charge in [-0.3, -0.25) is 4.90 Å². The Morgan fingerprint density at radius 2 is 1.86 bits per heavy atom. The van der Waals surface area contributed by atoms with E-state index in [1.54, 1.807) is 0 Å². The molecule has 21 heavy (non-hydrogen) atoms. The number of hydrogen-bond acceptors (Lipinski definition) is 5. The molecule has 0 aliphatic carbocycles. The molecule has 1 rings (SSSR count). The molecule has 0 aromatic rings. The standard InChI is InChI=1S/C13H19N5O2S/c1-4-9-14-12-13(17-21(19,20)16-12)15-10-7-5-6-8-11-18(2)3/h1H,5,7,9-11H2,2-3H3,(H,14,16)(H,15,17). The normalized spacial score (nSPS) is 15.5. The first-order chi connectivity index (χ1) is 9.94.